The molecule has 1 aliphatic carbocycles. The van der Waals surface area contributed by atoms with Crippen molar-refractivity contribution in [1.29, 1.82) is 5.26 Å². The van der Waals surface area contributed by atoms with Crippen LogP contribution in [0, 0.1) is 17.2 Å². The molecule has 3 nitrogen and oxygen atoms in total. The molecule has 0 radical (unpaired) electrons. The molecule has 0 saturated heterocycles. The molecule has 0 bridgehead atoms. The average Bonchev–Trinajstić information content (AvgIpc) is 2.69. The highest BCUT2D eigenvalue weighted by molar-refractivity contribution is 5.79. The average molecular weight is 194 g/mol. The molecule has 0 aliphatic heterocycles. The first kappa shape index (κ1) is 11.0. The van der Waals surface area contributed by atoms with E-state index in [1.807, 2.05) is 6.92 Å². The zero-order valence-corrected chi connectivity index (χ0v) is 8.83. The minimum absolute atomic E-state index is 0.200. The number of hydrogen-bond donors (Lipinski definition) is 0. The monoisotopic (exact) mass is 194 g/mol. The molecule has 78 valence electrons. The van der Waals surface area contributed by atoms with Crippen LogP contribution >= 0.6 is 0 Å². The molecular formula is C11H18N2O. The molecule has 0 unspecified atom stereocenters. The Balaban J connectivity index is 2.49. The molecule has 0 N–H and O–H groups in total. The van der Waals surface area contributed by atoms with Gasteiger partial charge in [-0.05, 0) is 19.3 Å². The first-order valence-corrected chi connectivity index (χ1v) is 5.45. The van der Waals surface area contributed by atoms with Crippen LogP contribution < -0.4 is 0 Å². The third-order valence-electron chi connectivity index (χ3n) is 2.77. The van der Waals surface area contributed by atoms with Crippen molar-refractivity contribution in [2.75, 3.05) is 13.1 Å². The van der Waals surface area contributed by atoms with Gasteiger partial charge in [0.2, 0.25) is 5.91 Å². The Morgan fingerprint density at radius 1 is 1.50 bits per heavy atom. The minimum atomic E-state index is 0.200. The van der Waals surface area contributed by atoms with E-state index in [0.717, 1.165) is 25.8 Å². The number of amides is 1. The van der Waals surface area contributed by atoms with Crippen molar-refractivity contribution in [1.82, 2.24) is 4.90 Å². The highest BCUT2D eigenvalue weighted by Crippen LogP contribution is 2.26. The van der Waals surface area contributed by atoms with Crippen LogP contribution in [0.25, 0.3) is 0 Å². The Labute approximate surface area is 85.7 Å². The molecule has 3 heteroatoms. The van der Waals surface area contributed by atoms with Gasteiger partial charge in [0.1, 0.15) is 6.54 Å². The molecule has 1 rings (SSSR count). The van der Waals surface area contributed by atoms with E-state index in [1.54, 1.807) is 4.90 Å². The lowest BCUT2D eigenvalue weighted by Crippen LogP contribution is -2.36. The van der Waals surface area contributed by atoms with E-state index in [1.165, 1.54) is 12.8 Å². The fourth-order valence-corrected chi connectivity index (χ4v) is 2.05. The van der Waals surface area contributed by atoms with Crippen LogP contribution in [0.15, 0.2) is 0 Å². The van der Waals surface area contributed by atoms with Crippen LogP contribution in [0.3, 0.4) is 0 Å². The normalized spacial score (nSPS) is 16.6. The Kier molecular flexibility index (Phi) is 4.45. The summed E-state index contributed by atoms with van der Waals surface area (Å²) in [5.74, 6) is 0.404. The lowest BCUT2D eigenvalue weighted by molar-refractivity contribution is -0.134. The van der Waals surface area contributed by atoms with Gasteiger partial charge in [-0.3, -0.25) is 4.79 Å². The molecule has 0 aromatic carbocycles. The van der Waals surface area contributed by atoms with Gasteiger partial charge in [-0.2, -0.15) is 5.26 Å². The van der Waals surface area contributed by atoms with Crippen LogP contribution in [0.1, 0.15) is 39.0 Å². The van der Waals surface area contributed by atoms with E-state index in [4.69, 9.17) is 5.26 Å². The smallest absolute Gasteiger partial charge is 0.226 e. The summed E-state index contributed by atoms with van der Waals surface area (Å²) in [5, 5.41) is 8.61. The topological polar surface area (TPSA) is 44.1 Å². The first-order chi connectivity index (χ1) is 6.79. The second-order valence-corrected chi connectivity index (χ2v) is 3.90. The van der Waals surface area contributed by atoms with Crippen molar-refractivity contribution in [3.05, 3.63) is 0 Å². The minimum Gasteiger partial charge on any atom is -0.329 e. The molecule has 14 heavy (non-hydrogen) atoms. The highest BCUT2D eigenvalue weighted by Gasteiger charge is 2.26. The third kappa shape index (κ3) is 2.73. The molecule has 0 aromatic rings. The molecule has 0 aromatic heterocycles. The molecule has 1 amide bonds. The van der Waals surface area contributed by atoms with Gasteiger partial charge in [0.05, 0.1) is 6.07 Å². The second-order valence-electron chi connectivity index (χ2n) is 3.90. The number of hydrogen-bond acceptors (Lipinski definition) is 2. The quantitative estimate of drug-likeness (QED) is 0.642. The summed E-state index contributed by atoms with van der Waals surface area (Å²) in [6.07, 6.45) is 5.31. The fourth-order valence-electron chi connectivity index (χ4n) is 2.05. The van der Waals surface area contributed by atoms with Gasteiger partial charge >= 0.3 is 0 Å². The summed E-state index contributed by atoms with van der Waals surface area (Å²) in [6, 6.07) is 2.06. The molecule has 0 heterocycles. The maximum Gasteiger partial charge on any atom is 0.226 e. The number of rotatable bonds is 4. The van der Waals surface area contributed by atoms with Gasteiger partial charge in [-0.1, -0.05) is 19.8 Å². The van der Waals surface area contributed by atoms with Gasteiger partial charge < -0.3 is 4.90 Å². The predicted octanol–water partition coefficient (Wildman–Crippen LogP) is 1.94. The van der Waals surface area contributed by atoms with Crippen LogP contribution in [-0.4, -0.2) is 23.9 Å². The van der Waals surface area contributed by atoms with Gasteiger partial charge in [-0.15, -0.1) is 0 Å². The summed E-state index contributed by atoms with van der Waals surface area (Å²) >= 11 is 0. The van der Waals surface area contributed by atoms with E-state index in [2.05, 4.69) is 6.07 Å². The van der Waals surface area contributed by atoms with Crippen LogP contribution in [-0.2, 0) is 4.79 Å². The van der Waals surface area contributed by atoms with Crippen LogP contribution in [0.2, 0.25) is 0 Å². The fraction of sp³-hybridized carbons (Fsp3) is 0.818. The second kappa shape index (κ2) is 5.64. The Bertz CT molecular complexity index is 226. The Hall–Kier alpha value is -1.04. The van der Waals surface area contributed by atoms with Gasteiger partial charge in [0, 0.05) is 12.5 Å². The van der Waals surface area contributed by atoms with Gasteiger partial charge in [0.25, 0.3) is 0 Å². The van der Waals surface area contributed by atoms with E-state index in [-0.39, 0.29) is 18.4 Å². The number of nitrogens with zero attached hydrogens (tertiary/aromatic N) is 2. The SMILES string of the molecule is CCCN(CC#N)C(=O)C1CCCC1. The highest BCUT2D eigenvalue weighted by atomic mass is 16.2. The standard InChI is InChI=1S/C11H18N2O/c1-2-8-13(9-7-12)11(14)10-5-3-4-6-10/h10H,2-6,8-9H2,1H3. The third-order valence-corrected chi connectivity index (χ3v) is 2.77. The van der Waals surface area contributed by atoms with Crippen molar-refractivity contribution < 1.29 is 4.79 Å². The zero-order valence-electron chi connectivity index (χ0n) is 8.83. The lowest BCUT2D eigenvalue weighted by Gasteiger charge is -2.22. The lowest BCUT2D eigenvalue weighted by atomic mass is 10.1. The zero-order chi connectivity index (χ0) is 10.4. The predicted molar refractivity (Wildman–Crippen MR) is 54.4 cm³/mol. The molecule has 1 saturated carbocycles. The van der Waals surface area contributed by atoms with Crippen LogP contribution in [0.4, 0.5) is 0 Å². The molecule has 1 fully saturated rings. The number of carbonyl (C=O) groups excluding carboxylic acids is 1. The summed E-state index contributed by atoms with van der Waals surface area (Å²) < 4.78 is 0. The van der Waals surface area contributed by atoms with Crippen molar-refractivity contribution in [2.45, 2.75) is 39.0 Å². The molecule has 0 spiro atoms. The molecular weight excluding hydrogens is 176 g/mol. The van der Waals surface area contributed by atoms with Crippen molar-refractivity contribution in [2.24, 2.45) is 5.92 Å². The molecule has 0 atom stereocenters. The summed E-state index contributed by atoms with van der Waals surface area (Å²) in [4.78, 5) is 13.6. The summed E-state index contributed by atoms with van der Waals surface area (Å²) in [6.45, 7) is 3.01. The van der Waals surface area contributed by atoms with E-state index < -0.39 is 0 Å². The Morgan fingerprint density at radius 3 is 2.64 bits per heavy atom. The van der Waals surface area contributed by atoms with Crippen LogP contribution in [0.5, 0.6) is 0 Å². The Morgan fingerprint density at radius 2 is 2.14 bits per heavy atom. The largest absolute Gasteiger partial charge is 0.329 e. The maximum absolute atomic E-state index is 11.9. The van der Waals surface area contributed by atoms with Crippen molar-refractivity contribution in [3.63, 3.8) is 0 Å². The summed E-state index contributed by atoms with van der Waals surface area (Å²) in [5.41, 5.74) is 0. The first-order valence-electron chi connectivity index (χ1n) is 5.45. The van der Waals surface area contributed by atoms with E-state index in [9.17, 15) is 4.79 Å². The van der Waals surface area contributed by atoms with Gasteiger partial charge in [0.15, 0.2) is 0 Å². The number of carbonyl (C=O) groups is 1. The van der Waals surface area contributed by atoms with Crippen molar-refractivity contribution >= 4 is 5.91 Å². The van der Waals surface area contributed by atoms with Crippen molar-refractivity contribution in [3.8, 4) is 6.07 Å². The van der Waals surface area contributed by atoms with E-state index >= 15 is 0 Å². The molecule has 1 aliphatic rings. The van der Waals surface area contributed by atoms with E-state index in [0.29, 0.717) is 0 Å². The number of nitriles is 1. The van der Waals surface area contributed by atoms with Gasteiger partial charge in [-0.25, -0.2) is 0 Å². The summed E-state index contributed by atoms with van der Waals surface area (Å²) in [7, 11) is 0. The maximum atomic E-state index is 11.9.